The van der Waals surface area contributed by atoms with E-state index in [0.717, 1.165) is 22.7 Å². The molecule has 0 amide bonds. The van der Waals surface area contributed by atoms with Crippen LogP contribution in [0.15, 0.2) is 16.7 Å². The topological polar surface area (TPSA) is 82.5 Å². The lowest BCUT2D eigenvalue weighted by molar-refractivity contribution is 0.355. The zero-order chi connectivity index (χ0) is 15.6. The highest BCUT2D eigenvalue weighted by Gasteiger charge is 2.18. The fraction of sp³-hybridized carbons (Fsp3) is 0.400. The summed E-state index contributed by atoms with van der Waals surface area (Å²) in [6.45, 7) is 5.84. The molecule has 0 saturated carbocycles. The molecule has 3 N–H and O–H groups in total. The van der Waals surface area contributed by atoms with Crippen molar-refractivity contribution in [2.45, 2.75) is 26.8 Å². The number of nitrogens with zero attached hydrogens (tertiary/aromatic N) is 1. The van der Waals surface area contributed by atoms with E-state index in [0.29, 0.717) is 17.2 Å². The summed E-state index contributed by atoms with van der Waals surface area (Å²) < 4.78 is 15.7. The predicted molar refractivity (Wildman–Crippen MR) is 82.0 cm³/mol. The third-order valence-electron chi connectivity index (χ3n) is 3.45. The van der Waals surface area contributed by atoms with Crippen molar-refractivity contribution in [3.63, 3.8) is 0 Å². The van der Waals surface area contributed by atoms with Gasteiger partial charge in [-0.3, -0.25) is 0 Å². The Hall–Kier alpha value is -2.37. The van der Waals surface area contributed by atoms with Crippen molar-refractivity contribution >= 4 is 11.4 Å². The van der Waals surface area contributed by atoms with Crippen LogP contribution in [0.3, 0.4) is 0 Å². The van der Waals surface area contributed by atoms with Crippen LogP contribution in [0.2, 0.25) is 0 Å². The third-order valence-corrected chi connectivity index (χ3v) is 3.45. The van der Waals surface area contributed by atoms with Gasteiger partial charge in [0.05, 0.1) is 37.3 Å². The Labute approximate surface area is 124 Å². The van der Waals surface area contributed by atoms with E-state index >= 15 is 0 Å². The van der Waals surface area contributed by atoms with Crippen molar-refractivity contribution in [3.05, 3.63) is 29.2 Å². The number of nitrogen functional groups attached to an aromatic ring is 1. The molecule has 0 bridgehead atoms. The highest BCUT2D eigenvalue weighted by molar-refractivity contribution is 5.72. The number of anilines is 2. The van der Waals surface area contributed by atoms with Crippen molar-refractivity contribution in [1.29, 1.82) is 0 Å². The highest BCUT2D eigenvalue weighted by atomic mass is 16.5. The minimum Gasteiger partial charge on any atom is -0.493 e. The first-order chi connectivity index (χ1) is 9.97. The van der Waals surface area contributed by atoms with Crippen molar-refractivity contribution in [2.75, 3.05) is 25.3 Å². The molecule has 0 aliphatic rings. The van der Waals surface area contributed by atoms with Crippen LogP contribution < -0.4 is 20.5 Å². The third kappa shape index (κ3) is 2.89. The zero-order valence-corrected chi connectivity index (χ0v) is 13.0. The SMILES string of the molecule is COc1cc(N)c(NC(C)c2c(C)noc2C)cc1OC. The minimum atomic E-state index is 0.0108. The second kappa shape index (κ2) is 5.95. The molecule has 0 aliphatic heterocycles. The maximum absolute atomic E-state index is 6.06. The van der Waals surface area contributed by atoms with Gasteiger partial charge in [-0.15, -0.1) is 0 Å². The molecule has 21 heavy (non-hydrogen) atoms. The number of aryl methyl sites for hydroxylation is 2. The van der Waals surface area contributed by atoms with E-state index in [2.05, 4.69) is 10.5 Å². The predicted octanol–water partition coefficient (Wildman–Crippen LogP) is 3.06. The molecule has 0 aliphatic carbocycles. The molecule has 1 atom stereocenters. The van der Waals surface area contributed by atoms with Crippen LogP contribution in [0.1, 0.15) is 30.0 Å². The maximum Gasteiger partial charge on any atom is 0.162 e. The molecule has 1 heterocycles. The number of rotatable bonds is 5. The number of hydrogen-bond donors (Lipinski definition) is 2. The Morgan fingerprint density at radius 3 is 2.33 bits per heavy atom. The molecule has 6 heteroatoms. The largest absolute Gasteiger partial charge is 0.493 e. The van der Waals surface area contributed by atoms with Crippen LogP contribution in [-0.2, 0) is 0 Å². The molecular formula is C15H21N3O3. The molecule has 6 nitrogen and oxygen atoms in total. The standard InChI is InChI=1S/C15H21N3O3/c1-8(15-9(2)18-21-10(15)3)17-12-7-14(20-5)13(19-4)6-11(12)16/h6-8,17H,16H2,1-5H3. The average molecular weight is 291 g/mol. The first kappa shape index (κ1) is 15.0. The molecule has 0 spiro atoms. The van der Waals surface area contributed by atoms with E-state index in [4.69, 9.17) is 19.7 Å². The second-order valence-electron chi connectivity index (χ2n) is 4.90. The number of hydrogen-bond acceptors (Lipinski definition) is 6. The van der Waals surface area contributed by atoms with E-state index in [1.54, 1.807) is 20.3 Å². The summed E-state index contributed by atoms with van der Waals surface area (Å²) in [6.07, 6.45) is 0. The summed E-state index contributed by atoms with van der Waals surface area (Å²) in [7, 11) is 3.17. The van der Waals surface area contributed by atoms with Gasteiger partial charge in [-0.05, 0) is 20.8 Å². The minimum absolute atomic E-state index is 0.0108. The summed E-state index contributed by atoms with van der Waals surface area (Å²) in [5.41, 5.74) is 9.33. The smallest absolute Gasteiger partial charge is 0.162 e. The average Bonchev–Trinajstić information content (AvgIpc) is 2.79. The lowest BCUT2D eigenvalue weighted by Gasteiger charge is -2.18. The van der Waals surface area contributed by atoms with E-state index in [-0.39, 0.29) is 6.04 Å². The Bertz CT molecular complexity index is 618. The first-order valence-corrected chi connectivity index (χ1v) is 6.68. The fourth-order valence-electron chi connectivity index (χ4n) is 2.43. The van der Waals surface area contributed by atoms with Crippen LogP contribution in [0.5, 0.6) is 11.5 Å². The Morgan fingerprint density at radius 2 is 1.81 bits per heavy atom. The number of aromatic nitrogens is 1. The molecule has 0 fully saturated rings. The Kier molecular flexibility index (Phi) is 4.26. The monoisotopic (exact) mass is 291 g/mol. The Morgan fingerprint density at radius 1 is 1.19 bits per heavy atom. The van der Waals surface area contributed by atoms with Gasteiger partial charge in [-0.2, -0.15) is 0 Å². The van der Waals surface area contributed by atoms with Gasteiger partial charge in [-0.1, -0.05) is 5.16 Å². The highest BCUT2D eigenvalue weighted by Crippen LogP contribution is 2.36. The number of nitrogens with one attached hydrogen (secondary N) is 1. The summed E-state index contributed by atoms with van der Waals surface area (Å²) >= 11 is 0. The molecule has 1 unspecified atom stereocenters. The quantitative estimate of drug-likeness (QED) is 0.824. The van der Waals surface area contributed by atoms with E-state index in [1.807, 2.05) is 26.8 Å². The van der Waals surface area contributed by atoms with Crippen LogP contribution in [0.4, 0.5) is 11.4 Å². The molecule has 0 saturated heterocycles. The van der Waals surface area contributed by atoms with Crippen molar-refractivity contribution in [1.82, 2.24) is 5.16 Å². The van der Waals surface area contributed by atoms with Gasteiger partial charge in [0.25, 0.3) is 0 Å². The van der Waals surface area contributed by atoms with Crippen LogP contribution >= 0.6 is 0 Å². The Balaban J connectivity index is 2.31. The number of ether oxygens (including phenoxy) is 2. The number of methoxy groups -OCH3 is 2. The molecule has 114 valence electrons. The second-order valence-corrected chi connectivity index (χ2v) is 4.90. The van der Waals surface area contributed by atoms with Gasteiger partial charge in [-0.25, -0.2) is 0 Å². The van der Waals surface area contributed by atoms with Crippen molar-refractivity contribution in [3.8, 4) is 11.5 Å². The lowest BCUT2D eigenvalue weighted by Crippen LogP contribution is -2.10. The van der Waals surface area contributed by atoms with Gasteiger partial charge in [0.15, 0.2) is 11.5 Å². The normalized spacial score (nSPS) is 12.0. The molecule has 0 radical (unpaired) electrons. The van der Waals surface area contributed by atoms with Gasteiger partial charge >= 0.3 is 0 Å². The summed E-state index contributed by atoms with van der Waals surface area (Å²) in [5, 5.41) is 7.33. The van der Waals surface area contributed by atoms with Gasteiger partial charge in [0.1, 0.15) is 5.76 Å². The molecule has 1 aromatic heterocycles. The van der Waals surface area contributed by atoms with E-state index in [1.165, 1.54) is 0 Å². The summed E-state index contributed by atoms with van der Waals surface area (Å²) in [5.74, 6) is 2.03. The zero-order valence-electron chi connectivity index (χ0n) is 13.0. The molecule has 1 aromatic carbocycles. The number of nitrogens with two attached hydrogens (primary N) is 1. The fourth-order valence-corrected chi connectivity index (χ4v) is 2.43. The molecular weight excluding hydrogens is 270 g/mol. The summed E-state index contributed by atoms with van der Waals surface area (Å²) in [6, 6.07) is 3.57. The molecule has 2 aromatic rings. The maximum atomic E-state index is 6.06. The number of benzene rings is 1. The molecule has 2 rings (SSSR count). The first-order valence-electron chi connectivity index (χ1n) is 6.68. The van der Waals surface area contributed by atoms with Gasteiger partial charge < -0.3 is 25.0 Å². The van der Waals surface area contributed by atoms with Crippen LogP contribution in [0.25, 0.3) is 0 Å². The van der Waals surface area contributed by atoms with Crippen molar-refractivity contribution < 1.29 is 14.0 Å². The van der Waals surface area contributed by atoms with E-state index in [9.17, 15) is 0 Å². The summed E-state index contributed by atoms with van der Waals surface area (Å²) in [4.78, 5) is 0. The van der Waals surface area contributed by atoms with E-state index < -0.39 is 0 Å². The lowest BCUT2D eigenvalue weighted by atomic mass is 10.1. The van der Waals surface area contributed by atoms with Crippen LogP contribution in [0, 0.1) is 13.8 Å². The van der Waals surface area contributed by atoms with Crippen LogP contribution in [-0.4, -0.2) is 19.4 Å². The van der Waals surface area contributed by atoms with Gasteiger partial charge in [0.2, 0.25) is 0 Å². The van der Waals surface area contributed by atoms with Crippen molar-refractivity contribution in [2.24, 2.45) is 0 Å². The van der Waals surface area contributed by atoms with Gasteiger partial charge in [0, 0.05) is 17.7 Å².